The molecule has 0 aliphatic rings. The number of hydrogen-bond acceptors (Lipinski definition) is 5. The van der Waals surface area contributed by atoms with Crippen molar-refractivity contribution in [3.8, 4) is 22.8 Å². The van der Waals surface area contributed by atoms with Crippen LogP contribution in [0.15, 0.2) is 97.8 Å². The molecule has 5 rings (SSSR count). The quantitative estimate of drug-likeness (QED) is 0.196. The maximum absolute atomic E-state index is 4.91. The number of allylic oxidation sites excluding steroid dienone is 5. The molecule has 0 atom stereocenters. The number of fused-ring (bicyclic) bond motifs is 2. The van der Waals surface area contributed by atoms with Crippen LogP contribution in [0.4, 0.5) is 0 Å². The molecule has 0 spiro atoms. The summed E-state index contributed by atoms with van der Waals surface area (Å²) in [6.07, 6.45) is 13.3. The van der Waals surface area contributed by atoms with E-state index in [-0.39, 0.29) is 0 Å². The molecule has 0 saturated carbocycles. The third-order valence-electron chi connectivity index (χ3n) is 6.17. The fraction of sp³-hybridized carbons (Fsp3) is 0.133. The third kappa shape index (κ3) is 4.84. The van der Waals surface area contributed by atoms with E-state index < -0.39 is 0 Å². The molecule has 0 aliphatic heterocycles. The smallest absolute Gasteiger partial charge is 0.159 e. The van der Waals surface area contributed by atoms with Crippen molar-refractivity contribution in [3.05, 3.63) is 103 Å². The van der Waals surface area contributed by atoms with Crippen molar-refractivity contribution >= 4 is 27.5 Å². The molecule has 4 heterocycles. The van der Waals surface area contributed by atoms with E-state index in [1.54, 1.807) is 18.6 Å². The van der Waals surface area contributed by atoms with Crippen molar-refractivity contribution in [2.24, 2.45) is 0 Å². The summed E-state index contributed by atoms with van der Waals surface area (Å²) in [6, 6.07) is 12.1. The lowest BCUT2D eigenvalue weighted by Crippen LogP contribution is -2.10. The Kier molecular flexibility index (Phi) is 6.76. The minimum Gasteiger partial charge on any atom is -0.359 e. The van der Waals surface area contributed by atoms with E-state index in [0.29, 0.717) is 5.82 Å². The number of nitrogens with one attached hydrogen (secondary N) is 3. The number of benzene rings is 1. The van der Waals surface area contributed by atoms with Gasteiger partial charge in [-0.15, -0.1) is 0 Å². The Morgan fingerprint density at radius 3 is 2.78 bits per heavy atom. The van der Waals surface area contributed by atoms with Gasteiger partial charge in [-0.1, -0.05) is 44.7 Å². The van der Waals surface area contributed by atoms with Gasteiger partial charge < -0.3 is 10.3 Å². The van der Waals surface area contributed by atoms with Crippen molar-refractivity contribution in [3.63, 3.8) is 0 Å². The topological polar surface area (TPSA) is 95.2 Å². The van der Waals surface area contributed by atoms with Gasteiger partial charge in [-0.05, 0) is 60.9 Å². The fourth-order valence-electron chi connectivity index (χ4n) is 4.34. The molecule has 0 bridgehead atoms. The highest BCUT2D eigenvalue weighted by atomic mass is 15.1. The van der Waals surface area contributed by atoms with Gasteiger partial charge in [0.15, 0.2) is 5.82 Å². The highest BCUT2D eigenvalue weighted by molar-refractivity contribution is 5.97. The normalized spacial score (nSPS) is 12.3. The molecule has 0 amide bonds. The van der Waals surface area contributed by atoms with Crippen LogP contribution in [-0.4, -0.2) is 30.1 Å². The zero-order valence-corrected chi connectivity index (χ0v) is 21.0. The molecule has 5 aromatic rings. The van der Waals surface area contributed by atoms with E-state index in [1.807, 2.05) is 37.3 Å². The van der Waals surface area contributed by atoms with Crippen molar-refractivity contribution in [1.82, 2.24) is 35.5 Å². The van der Waals surface area contributed by atoms with Gasteiger partial charge in [-0.25, -0.2) is 4.98 Å². The van der Waals surface area contributed by atoms with Crippen molar-refractivity contribution in [2.45, 2.75) is 26.7 Å². The molecule has 7 heteroatoms. The number of rotatable bonds is 9. The average molecular weight is 488 g/mol. The first-order valence-corrected chi connectivity index (χ1v) is 12.3. The largest absolute Gasteiger partial charge is 0.359 e. The predicted octanol–water partition coefficient (Wildman–Crippen LogP) is 6.94. The predicted molar refractivity (Wildman–Crippen MR) is 151 cm³/mol. The molecular formula is C30H29N7. The summed E-state index contributed by atoms with van der Waals surface area (Å²) in [5, 5.41) is 12.1. The van der Waals surface area contributed by atoms with Gasteiger partial charge in [-0.2, -0.15) is 5.10 Å². The number of aromatic nitrogens is 6. The van der Waals surface area contributed by atoms with Gasteiger partial charge in [0.1, 0.15) is 11.2 Å². The van der Waals surface area contributed by atoms with Crippen molar-refractivity contribution in [1.29, 1.82) is 0 Å². The zero-order chi connectivity index (χ0) is 25.8. The summed E-state index contributed by atoms with van der Waals surface area (Å²) < 4.78 is 0. The molecule has 7 nitrogen and oxygen atoms in total. The highest BCUT2D eigenvalue weighted by Crippen LogP contribution is 2.31. The Labute approximate surface area is 215 Å². The summed E-state index contributed by atoms with van der Waals surface area (Å²) in [5.41, 5.74) is 9.02. The summed E-state index contributed by atoms with van der Waals surface area (Å²) in [6.45, 7) is 12.2. The van der Waals surface area contributed by atoms with Gasteiger partial charge in [-0.3, -0.25) is 15.1 Å². The van der Waals surface area contributed by atoms with Crippen LogP contribution in [0.5, 0.6) is 0 Å². The highest BCUT2D eigenvalue weighted by Gasteiger charge is 2.16. The maximum atomic E-state index is 4.91. The van der Waals surface area contributed by atoms with E-state index in [9.17, 15) is 0 Å². The van der Waals surface area contributed by atoms with E-state index in [0.717, 1.165) is 74.3 Å². The van der Waals surface area contributed by atoms with E-state index in [2.05, 4.69) is 74.8 Å². The Hall–Kier alpha value is -4.78. The number of aromatic amines is 2. The monoisotopic (exact) mass is 487 g/mol. The maximum Gasteiger partial charge on any atom is 0.159 e. The number of imidazole rings is 1. The molecule has 1 aromatic carbocycles. The lowest BCUT2D eigenvalue weighted by molar-refractivity contribution is 0.829. The van der Waals surface area contributed by atoms with Gasteiger partial charge in [0, 0.05) is 34.7 Å². The molecule has 37 heavy (non-hydrogen) atoms. The number of pyridine rings is 2. The van der Waals surface area contributed by atoms with E-state index >= 15 is 0 Å². The van der Waals surface area contributed by atoms with Crippen molar-refractivity contribution < 1.29 is 0 Å². The lowest BCUT2D eigenvalue weighted by atomic mass is 10.0. The first-order chi connectivity index (χ1) is 18.1. The Morgan fingerprint density at radius 2 is 2.03 bits per heavy atom. The summed E-state index contributed by atoms with van der Waals surface area (Å²) in [4.78, 5) is 17.2. The molecular weight excluding hydrogens is 458 g/mol. The van der Waals surface area contributed by atoms with Crippen LogP contribution in [-0.2, 0) is 0 Å². The summed E-state index contributed by atoms with van der Waals surface area (Å²) >= 11 is 0. The van der Waals surface area contributed by atoms with Crippen LogP contribution >= 0.6 is 0 Å². The molecule has 184 valence electrons. The second kappa shape index (κ2) is 10.5. The Balaban J connectivity index is 1.55. The first kappa shape index (κ1) is 23.9. The fourth-order valence-corrected chi connectivity index (χ4v) is 4.34. The molecule has 0 saturated heterocycles. The number of nitrogens with zero attached hydrogens (tertiary/aromatic N) is 4. The summed E-state index contributed by atoms with van der Waals surface area (Å²) in [5.74, 6) is 0.672. The molecule has 3 N–H and O–H groups in total. The Bertz CT molecular complexity index is 1650. The molecule has 4 aromatic heterocycles. The summed E-state index contributed by atoms with van der Waals surface area (Å²) in [7, 11) is 0. The average Bonchev–Trinajstić information content (AvgIpc) is 3.55. The van der Waals surface area contributed by atoms with Crippen LogP contribution in [0.25, 0.3) is 50.3 Å². The number of H-pyrrole nitrogens is 2. The van der Waals surface area contributed by atoms with Gasteiger partial charge in [0.05, 0.1) is 22.9 Å². The van der Waals surface area contributed by atoms with E-state index in [1.165, 1.54) is 0 Å². The van der Waals surface area contributed by atoms with E-state index in [4.69, 9.17) is 4.98 Å². The minimum absolute atomic E-state index is 0.672. The SMILES string of the molecule is C=C/C(=C\C(=C/C)c1ccc2[nH]nc(-c3nc4c(-c5ccccn5)cncc4[nH]3)c2c1)NC(=C)CCC. The number of hydrogen-bond donors (Lipinski definition) is 3. The molecule has 0 aliphatic carbocycles. The second-order valence-electron chi connectivity index (χ2n) is 8.74. The Morgan fingerprint density at radius 1 is 1.14 bits per heavy atom. The first-order valence-electron chi connectivity index (χ1n) is 12.3. The van der Waals surface area contributed by atoms with Gasteiger partial charge in [0.2, 0.25) is 0 Å². The van der Waals surface area contributed by atoms with Crippen LogP contribution in [0.2, 0.25) is 0 Å². The third-order valence-corrected chi connectivity index (χ3v) is 6.17. The van der Waals surface area contributed by atoms with Crippen molar-refractivity contribution in [2.75, 3.05) is 0 Å². The van der Waals surface area contributed by atoms with Crippen LogP contribution in [0.1, 0.15) is 32.3 Å². The second-order valence-corrected chi connectivity index (χ2v) is 8.74. The van der Waals surface area contributed by atoms with Crippen LogP contribution in [0, 0.1) is 0 Å². The standard InChI is InChI=1S/C30H29N7/c1-5-10-19(4)33-22(7-3)15-20(6-2)21-12-13-26-23(16-21)29(37-36-26)30-34-27-18-31-17-24(28(27)35-30)25-11-8-9-14-32-25/h6-9,11-18,33H,3-5,10H2,1-2H3,(H,34,35)(H,36,37)/b20-6+,22-15+. The van der Waals surface area contributed by atoms with Gasteiger partial charge in [0.25, 0.3) is 0 Å². The lowest BCUT2D eigenvalue weighted by Gasteiger charge is -2.11. The molecule has 0 radical (unpaired) electrons. The van der Waals surface area contributed by atoms with Crippen LogP contribution in [0.3, 0.4) is 0 Å². The zero-order valence-electron chi connectivity index (χ0n) is 21.0. The van der Waals surface area contributed by atoms with Gasteiger partial charge >= 0.3 is 0 Å². The molecule has 0 unspecified atom stereocenters. The van der Waals surface area contributed by atoms with Crippen LogP contribution < -0.4 is 5.32 Å². The minimum atomic E-state index is 0.672. The molecule has 0 fully saturated rings.